The topological polar surface area (TPSA) is 49.2 Å². The molecule has 0 spiro atoms. The van der Waals surface area contributed by atoms with Crippen molar-refractivity contribution in [2.24, 2.45) is 0 Å². The minimum Gasteiger partial charge on any atom is -0.382 e. The van der Waals surface area contributed by atoms with Crippen LogP contribution < -0.4 is 0 Å². The molecule has 2 rings (SSSR count). The predicted octanol–water partition coefficient (Wildman–Crippen LogP) is 1.92. The third-order valence-electron chi connectivity index (χ3n) is 2.75. The number of nitrogens with zero attached hydrogens (tertiary/aromatic N) is 3. The molecule has 0 aliphatic rings. The van der Waals surface area contributed by atoms with Crippen LogP contribution in [0.3, 0.4) is 0 Å². The SMILES string of the molecule is COCCOCCn1cc(C)c(-c2ccccn2)n1. The maximum Gasteiger partial charge on any atom is 0.114 e. The maximum absolute atomic E-state index is 5.43. The van der Waals surface area contributed by atoms with Crippen LogP contribution >= 0.6 is 0 Å². The molecule has 0 aromatic carbocycles. The van der Waals surface area contributed by atoms with Gasteiger partial charge in [0.25, 0.3) is 0 Å². The number of ether oxygens (including phenoxy) is 2. The monoisotopic (exact) mass is 261 g/mol. The molecule has 0 saturated carbocycles. The lowest BCUT2D eigenvalue weighted by Gasteiger charge is -2.03. The van der Waals surface area contributed by atoms with Crippen LogP contribution in [0.1, 0.15) is 5.56 Å². The average molecular weight is 261 g/mol. The molecule has 0 saturated heterocycles. The van der Waals surface area contributed by atoms with Crippen molar-refractivity contribution in [3.05, 3.63) is 36.2 Å². The van der Waals surface area contributed by atoms with Crippen LogP contribution in [0.4, 0.5) is 0 Å². The van der Waals surface area contributed by atoms with Gasteiger partial charge < -0.3 is 9.47 Å². The van der Waals surface area contributed by atoms with Crippen molar-refractivity contribution < 1.29 is 9.47 Å². The summed E-state index contributed by atoms with van der Waals surface area (Å²) in [4.78, 5) is 4.32. The number of hydrogen-bond acceptors (Lipinski definition) is 4. The molecule has 0 N–H and O–H groups in total. The molecule has 0 atom stereocenters. The van der Waals surface area contributed by atoms with E-state index in [1.807, 2.05) is 36.0 Å². The minimum absolute atomic E-state index is 0.615. The summed E-state index contributed by atoms with van der Waals surface area (Å²) in [7, 11) is 1.67. The van der Waals surface area contributed by atoms with Crippen molar-refractivity contribution in [2.75, 3.05) is 26.9 Å². The standard InChI is InChI=1S/C14H19N3O2/c1-12-11-17(7-8-19-10-9-18-2)16-14(12)13-5-3-4-6-15-13/h3-6,11H,7-10H2,1-2H3. The van der Waals surface area contributed by atoms with Gasteiger partial charge in [-0.25, -0.2) is 0 Å². The average Bonchev–Trinajstić information content (AvgIpc) is 2.81. The van der Waals surface area contributed by atoms with Gasteiger partial charge in [-0.3, -0.25) is 9.67 Å². The summed E-state index contributed by atoms with van der Waals surface area (Å²) in [6.45, 7) is 4.64. The smallest absolute Gasteiger partial charge is 0.114 e. The Morgan fingerprint density at radius 2 is 2.11 bits per heavy atom. The number of hydrogen-bond donors (Lipinski definition) is 0. The molecule has 0 amide bonds. The Labute approximate surface area is 113 Å². The first-order chi connectivity index (χ1) is 9.31. The first-order valence-electron chi connectivity index (χ1n) is 6.33. The molecule has 102 valence electrons. The van der Waals surface area contributed by atoms with Gasteiger partial charge in [0.2, 0.25) is 0 Å². The van der Waals surface area contributed by atoms with Gasteiger partial charge >= 0.3 is 0 Å². The first-order valence-corrected chi connectivity index (χ1v) is 6.33. The second kappa shape index (κ2) is 7.01. The highest BCUT2D eigenvalue weighted by Crippen LogP contribution is 2.18. The van der Waals surface area contributed by atoms with Crippen LogP contribution in [-0.2, 0) is 16.0 Å². The molecule has 19 heavy (non-hydrogen) atoms. The van der Waals surface area contributed by atoms with E-state index in [9.17, 15) is 0 Å². The van der Waals surface area contributed by atoms with Gasteiger partial charge in [-0.05, 0) is 24.6 Å². The quantitative estimate of drug-likeness (QED) is 0.714. The minimum atomic E-state index is 0.615. The van der Waals surface area contributed by atoms with Crippen LogP contribution in [0.2, 0.25) is 0 Å². The Balaban J connectivity index is 1.94. The Morgan fingerprint density at radius 3 is 2.84 bits per heavy atom. The lowest BCUT2D eigenvalue weighted by atomic mass is 10.2. The van der Waals surface area contributed by atoms with E-state index in [1.165, 1.54) is 0 Å². The van der Waals surface area contributed by atoms with Crippen LogP contribution in [0.15, 0.2) is 30.6 Å². The van der Waals surface area contributed by atoms with Gasteiger partial charge in [0.15, 0.2) is 0 Å². The van der Waals surface area contributed by atoms with E-state index in [1.54, 1.807) is 13.3 Å². The molecule has 0 aliphatic heterocycles. The van der Waals surface area contributed by atoms with Gasteiger partial charge in [-0.1, -0.05) is 6.07 Å². The Kier molecular flexibility index (Phi) is 5.06. The van der Waals surface area contributed by atoms with Crippen LogP contribution in [-0.4, -0.2) is 41.7 Å². The second-order valence-electron chi connectivity index (χ2n) is 4.24. The van der Waals surface area contributed by atoms with Crippen LogP contribution in [0, 0.1) is 6.92 Å². The highest BCUT2D eigenvalue weighted by Gasteiger charge is 2.08. The maximum atomic E-state index is 5.43. The summed E-state index contributed by atoms with van der Waals surface area (Å²) in [5.41, 5.74) is 2.95. The van der Waals surface area contributed by atoms with Crippen molar-refractivity contribution in [3.63, 3.8) is 0 Å². The number of pyridine rings is 1. The van der Waals surface area contributed by atoms with E-state index >= 15 is 0 Å². The summed E-state index contributed by atoms with van der Waals surface area (Å²) in [5.74, 6) is 0. The second-order valence-corrected chi connectivity index (χ2v) is 4.24. The summed E-state index contributed by atoms with van der Waals surface area (Å²) in [5, 5.41) is 4.54. The third kappa shape index (κ3) is 3.87. The zero-order valence-corrected chi connectivity index (χ0v) is 11.4. The molecule has 5 nitrogen and oxygen atoms in total. The van der Waals surface area contributed by atoms with E-state index in [2.05, 4.69) is 10.1 Å². The van der Waals surface area contributed by atoms with Crippen molar-refractivity contribution in [3.8, 4) is 11.4 Å². The van der Waals surface area contributed by atoms with Crippen LogP contribution in [0.5, 0.6) is 0 Å². The molecule has 5 heteroatoms. The Morgan fingerprint density at radius 1 is 1.21 bits per heavy atom. The van der Waals surface area contributed by atoms with E-state index in [0.29, 0.717) is 19.8 Å². The molecule has 2 aromatic rings. The van der Waals surface area contributed by atoms with Crippen molar-refractivity contribution in [2.45, 2.75) is 13.5 Å². The van der Waals surface area contributed by atoms with Gasteiger partial charge in [0.1, 0.15) is 5.69 Å². The predicted molar refractivity (Wildman–Crippen MR) is 72.9 cm³/mol. The molecule has 0 radical (unpaired) electrons. The van der Waals surface area contributed by atoms with Crippen molar-refractivity contribution in [1.29, 1.82) is 0 Å². The summed E-state index contributed by atoms with van der Waals surface area (Å²) in [6.07, 6.45) is 3.80. The highest BCUT2D eigenvalue weighted by atomic mass is 16.5. The van der Waals surface area contributed by atoms with Gasteiger partial charge in [-0.2, -0.15) is 5.10 Å². The normalized spacial score (nSPS) is 10.8. The van der Waals surface area contributed by atoms with Gasteiger partial charge in [0, 0.05) is 19.5 Å². The number of rotatable bonds is 7. The molecular formula is C14H19N3O2. The van der Waals surface area contributed by atoms with Gasteiger partial charge in [0.05, 0.1) is 32.1 Å². The van der Waals surface area contributed by atoms with E-state index in [0.717, 1.165) is 23.5 Å². The lowest BCUT2D eigenvalue weighted by molar-refractivity contribution is 0.0654. The Bertz CT molecular complexity index is 497. The zero-order chi connectivity index (χ0) is 13.5. The largest absolute Gasteiger partial charge is 0.382 e. The molecule has 2 aromatic heterocycles. The fourth-order valence-electron chi connectivity index (χ4n) is 1.79. The Hall–Kier alpha value is -1.72. The third-order valence-corrected chi connectivity index (χ3v) is 2.75. The fourth-order valence-corrected chi connectivity index (χ4v) is 1.79. The van der Waals surface area contributed by atoms with Crippen LogP contribution in [0.25, 0.3) is 11.4 Å². The summed E-state index contributed by atoms with van der Waals surface area (Å²) >= 11 is 0. The number of aryl methyl sites for hydroxylation is 1. The highest BCUT2D eigenvalue weighted by molar-refractivity contribution is 5.57. The molecule has 0 fully saturated rings. The molecule has 0 aliphatic carbocycles. The lowest BCUT2D eigenvalue weighted by Crippen LogP contribution is -2.09. The molecule has 0 unspecified atom stereocenters. The molecule has 0 bridgehead atoms. The molecule has 2 heterocycles. The van der Waals surface area contributed by atoms with E-state index < -0.39 is 0 Å². The molecular weight excluding hydrogens is 242 g/mol. The number of aromatic nitrogens is 3. The van der Waals surface area contributed by atoms with E-state index in [4.69, 9.17) is 9.47 Å². The van der Waals surface area contributed by atoms with E-state index in [-0.39, 0.29) is 0 Å². The first kappa shape index (κ1) is 13.7. The van der Waals surface area contributed by atoms with Crippen molar-refractivity contribution in [1.82, 2.24) is 14.8 Å². The van der Waals surface area contributed by atoms with Gasteiger partial charge in [-0.15, -0.1) is 0 Å². The summed E-state index contributed by atoms with van der Waals surface area (Å²) < 4.78 is 12.2. The zero-order valence-electron chi connectivity index (χ0n) is 11.4. The summed E-state index contributed by atoms with van der Waals surface area (Å²) in [6, 6.07) is 5.84. The number of methoxy groups -OCH3 is 1. The fraction of sp³-hybridized carbons (Fsp3) is 0.429. The van der Waals surface area contributed by atoms with Crippen molar-refractivity contribution >= 4 is 0 Å².